The highest BCUT2D eigenvalue weighted by atomic mass is 16.4. The predicted molar refractivity (Wildman–Crippen MR) is 118 cm³/mol. The Hall–Kier alpha value is -2.92. The van der Waals surface area contributed by atoms with Gasteiger partial charge in [-0.2, -0.15) is 0 Å². The largest absolute Gasteiger partial charge is 0.437 e. The van der Waals surface area contributed by atoms with E-state index in [9.17, 15) is 4.79 Å². The van der Waals surface area contributed by atoms with E-state index in [4.69, 9.17) is 4.42 Å². The fourth-order valence-electron chi connectivity index (χ4n) is 4.10. The highest BCUT2D eigenvalue weighted by Crippen LogP contribution is 2.24. The zero-order chi connectivity index (χ0) is 20.8. The van der Waals surface area contributed by atoms with Gasteiger partial charge in [-0.15, -0.1) is 0 Å². The monoisotopic (exact) mass is 403 g/mol. The molecule has 156 valence electrons. The van der Waals surface area contributed by atoms with E-state index in [0.717, 1.165) is 37.3 Å². The summed E-state index contributed by atoms with van der Waals surface area (Å²) < 4.78 is 5.61. The molecular weight excluding hydrogens is 374 g/mol. The predicted octanol–water partition coefficient (Wildman–Crippen LogP) is 4.68. The van der Waals surface area contributed by atoms with E-state index in [1.54, 1.807) is 0 Å². The average Bonchev–Trinajstić information content (AvgIpc) is 3.18. The summed E-state index contributed by atoms with van der Waals surface area (Å²) >= 11 is 0. The van der Waals surface area contributed by atoms with Gasteiger partial charge < -0.3 is 9.73 Å². The van der Waals surface area contributed by atoms with Gasteiger partial charge in [-0.05, 0) is 50.8 Å². The Balaban J connectivity index is 1.21. The molecule has 0 saturated carbocycles. The number of nitrogens with one attached hydrogen (secondary N) is 1. The molecule has 1 saturated heterocycles. The molecule has 0 aliphatic carbocycles. The van der Waals surface area contributed by atoms with Gasteiger partial charge in [0.05, 0.1) is 0 Å². The number of amides is 1. The van der Waals surface area contributed by atoms with Crippen LogP contribution in [0.1, 0.15) is 41.3 Å². The van der Waals surface area contributed by atoms with E-state index in [1.165, 1.54) is 18.4 Å². The number of oxazole rings is 1. The molecule has 3 aromatic rings. The van der Waals surface area contributed by atoms with Crippen LogP contribution in [0.15, 0.2) is 65.1 Å². The Kier molecular flexibility index (Phi) is 6.60. The molecular formula is C25H29N3O2. The Labute approximate surface area is 178 Å². The van der Waals surface area contributed by atoms with Crippen molar-refractivity contribution in [3.05, 3.63) is 77.9 Å². The van der Waals surface area contributed by atoms with Crippen molar-refractivity contribution in [3.63, 3.8) is 0 Å². The molecule has 30 heavy (non-hydrogen) atoms. The molecule has 0 spiro atoms. The molecule has 0 radical (unpaired) electrons. The second-order valence-electron chi connectivity index (χ2n) is 8.04. The molecule has 0 bridgehead atoms. The minimum Gasteiger partial charge on any atom is -0.437 e. The van der Waals surface area contributed by atoms with Gasteiger partial charge in [-0.1, -0.05) is 60.7 Å². The van der Waals surface area contributed by atoms with Crippen molar-refractivity contribution in [2.45, 2.75) is 32.7 Å². The Morgan fingerprint density at radius 2 is 1.73 bits per heavy atom. The summed E-state index contributed by atoms with van der Waals surface area (Å²) in [5, 5.41) is 2.98. The van der Waals surface area contributed by atoms with Gasteiger partial charge >= 0.3 is 5.91 Å². The zero-order valence-corrected chi connectivity index (χ0v) is 17.5. The molecule has 1 fully saturated rings. The van der Waals surface area contributed by atoms with Crippen molar-refractivity contribution >= 4 is 5.91 Å². The lowest BCUT2D eigenvalue weighted by molar-refractivity contribution is 0.0912. The highest BCUT2D eigenvalue weighted by molar-refractivity contribution is 5.90. The maximum atomic E-state index is 12.5. The van der Waals surface area contributed by atoms with Gasteiger partial charge in [0.1, 0.15) is 11.5 Å². The van der Waals surface area contributed by atoms with Crippen LogP contribution in [0.2, 0.25) is 0 Å². The SMILES string of the molecule is Cc1oc(C(=O)NCCC2CCN(Cc3ccccc3)CC2)nc1-c1ccccc1. The third kappa shape index (κ3) is 5.16. The number of rotatable bonds is 7. The smallest absolute Gasteiger partial charge is 0.307 e. The first-order valence-electron chi connectivity index (χ1n) is 10.8. The standard InChI is InChI=1S/C25H29N3O2/c1-19-23(22-10-6-3-7-11-22)27-25(30-19)24(29)26-15-12-20-13-16-28(17-14-20)18-21-8-4-2-5-9-21/h2-11,20H,12-18H2,1H3,(H,26,29). The summed E-state index contributed by atoms with van der Waals surface area (Å²) in [5.74, 6) is 1.23. The van der Waals surface area contributed by atoms with Gasteiger partial charge in [0.25, 0.3) is 5.89 Å². The van der Waals surface area contributed by atoms with E-state index < -0.39 is 0 Å². The van der Waals surface area contributed by atoms with E-state index in [0.29, 0.717) is 18.2 Å². The number of nitrogens with zero attached hydrogens (tertiary/aromatic N) is 2. The Morgan fingerprint density at radius 1 is 1.07 bits per heavy atom. The van der Waals surface area contributed by atoms with E-state index in [1.807, 2.05) is 37.3 Å². The van der Waals surface area contributed by atoms with E-state index >= 15 is 0 Å². The summed E-state index contributed by atoms with van der Waals surface area (Å²) in [4.78, 5) is 19.4. The van der Waals surface area contributed by atoms with Crippen molar-refractivity contribution in [1.82, 2.24) is 15.2 Å². The fraction of sp³-hybridized carbons (Fsp3) is 0.360. The van der Waals surface area contributed by atoms with Crippen molar-refractivity contribution in [2.24, 2.45) is 5.92 Å². The average molecular weight is 404 g/mol. The zero-order valence-electron chi connectivity index (χ0n) is 17.5. The van der Waals surface area contributed by atoms with Gasteiger partial charge in [-0.3, -0.25) is 9.69 Å². The molecule has 4 rings (SSSR count). The first kappa shape index (κ1) is 20.4. The third-order valence-electron chi connectivity index (χ3n) is 5.83. The molecule has 1 amide bonds. The van der Waals surface area contributed by atoms with Crippen molar-refractivity contribution in [2.75, 3.05) is 19.6 Å². The molecule has 2 aromatic carbocycles. The Morgan fingerprint density at radius 3 is 2.43 bits per heavy atom. The van der Waals surface area contributed by atoms with Crippen LogP contribution < -0.4 is 5.32 Å². The minimum atomic E-state index is -0.234. The topological polar surface area (TPSA) is 58.4 Å². The lowest BCUT2D eigenvalue weighted by Gasteiger charge is -2.32. The number of piperidine rings is 1. The van der Waals surface area contributed by atoms with Crippen molar-refractivity contribution in [3.8, 4) is 11.3 Å². The van der Waals surface area contributed by atoms with Gasteiger partial charge in [-0.25, -0.2) is 4.98 Å². The molecule has 1 aliphatic rings. The second kappa shape index (κ2) is 9.72. The molecule has 0 unspecified atom stereocenters. The van der Waals surface area contributed by atoms with Crippen molar-refractivity contribution in [1.29, 1.82) is 0 Å². The fourth-order valence-corrected chi connectivity index (χ4v) is 4.10. The van der Waals surface area contributed by atoms with Crippen LogP contribution in [0.4, 0.5) is 0 Å². The summed E-state index contributed by atoms with van der Waals surface area (Å²) in [7, 11) is 0. The first-order valence-corrected chi connectivity index (χ1v) is 10.8. The molecule has 2 heterocycles. The number of hydrogen-bond donors (Lipinski definition) is 1. The van der Waals surface area contributed by atoms with Crippen molar-refractivity contribution < 1.29 is 9.21 Å². The van der Waals surface area contributed by atoms with Crippen LogP contribution in [-0.4, -0.2) is 35.4 Å². The van der Waals surface area contributed by atoms with E-state index in [2.05, 4.69) is 45.5 Å². The maximum absolute atomic E-state index is 12.5. The Bertz CT molecular complexity index is 945. The van der Waals surface area contributed by atoms with Crippen LogP contribution in [-0.2, 0) is 6.54 Å². The summed E-state index contributed by atoms with van der Waals surface area (Å²) in [6, 6.07) is 20.4. The number of likely N-dealkylation sites (tertiary alicyclic amines) is 1. The number of aryl methyl sites for hydroxylation is 1. The van der Waals surface area contributed by atoms with Crippen LogP contribution >= 0.6 is 0 Å². The lowest BCUT2D eigenvalue weighted by atomic mass is 9.93. The van der Waals surface area contributed by atoms with Gasteiger partial charge in [0.15, 0.2) is 0 Å². The quantitative estimate of drug-likeness (QED) is 0.622. The maximum Gasteiger partial charge on any atom is 0.307 e. The van der Waals surface area contributed by atoms with Crippen LogP contribution in [0, 0.1) is 12.8 Å². The second-order valence-corrected chi connectivity index (χ2v) is 8.04. The number of carbonyl (C=O) groups excluding carboxylic acids is 1. The molecule has 5 heteroatoms. The molecule has 1 N–H and O–H groups in total. The lowest BCUT2D eigenvalue weighted by Crippen LogP contribution is -2.34. The molecule has 1 aliphatic heterocycles. The summed E-state index contributed by atoms with van der Waals surface area (Å²) in [5.41, 5.74) is 3.06. The highest BCUT2D eigenvalue weighted by Gasteiger charge is 2.21. The molecule has 0 atom stereocenters. The number of benzene rings is 2. The van der Waals surface area contributed by atoms with Crippen LogP contribution in [0.3, 0.4) is 0 Å². The van der Waals surface area contributed by atoms with E-state index in [-0.39, 0.29) is 11.8 Å². The first-order chi connectivity index (χ1) is 14.7. The normalized spacial score (nSPS) is 15.2. The number of carbonyl (C=O) groups is 1. The van der Waals surface area contributed by atoms with Crippen LogP contribution in [0.25, 0.3) is 11.3 Å². The third-order valence-corrected chi connectivity index (χ3v) is 5.83. The summed E-state index contributed by atoms with van der Waals surface area (Å²) in [6.45, 7) is 5.76. The molecule has 5 nitrogen and oxygen atoms in total. The van der Waals surface area contributed by atoms with Crippen LogP contribution in [0.5, 0.6) is 0 Å². The van der Waals surface area contributed by atoms with Gasteiger partial charge in [0, 0.05) is 18.7 Å². The number of hydrogen-bond acceptors (Lipinski definition) is 4. The number of aromatic nitrogens is 1. The minimum absolute atomic E-state index is 0.143. The summed E-state index contributed by atoms with van der Waals surface area (Å²) in [6.07, 6.45) is 3.36. The molecule has 1 aromatic heterocycles. The van der Waals surface area contributed by atoms with Gasteiger partial charge in [0.2, 0.25) is 0 Å².